The predicted molar refractivity (Wildman–Crippen MR) is 94.7 cm³/mol. The van der Waals surface area contributed by atoms with Crippen molar-refractivity contribution in [2.45, 2.75) is 31.8 Å². The fraction of sp³-hybridized carbons (Fsp3) is 0.263. The van der Waals surface area contributed by atoms with E-state index in [1.54, 1.807) is 19.1 Å². The van der Waals surface area contributed by atoms with Crippen LogP contribution in [0.4, 0.5) is 0 Å². The average Bonchev–Trinajstić information content (AvgIpc) is 2.55. The van der Waals surface area contributed by atoms with Crippen LogP contribution >= 0.6 is 0 Å². The maximum Gasteiger partial charge on any atom is 0.340 e. The Bertz CT molecular complexity index is 929. The normalized spacial score (nSPS) is 12.5. The lowest BCUT2D eigenvalue weighted by atomic mass is 9.99. The maximum absolute atomic E-state index is 12.6. The molecule has 2 aromatic rings. The van der Waals surface area contributed by atoms with Gasteiger partial charge in [-0.05, 0) is 44.5 Å². The molecule has 25 heavy (non-hydrogen) atoms. The van der Waals surface area contributed by atoms with Gasteiger partial charge in [0.05, 0.1) is 10.5 Å². The lowest BCUT2D eigenvalue weighted by Gasteiger charge is -2.15. The third kappa shape index (κ3) is 4.33. The second-order valence-electron chi connectivity index (χ2n) is 6.00. The fourth-order valence-electron chi connectivity index (χ4n) is 2.46. The van der Waals surface area contributed by atoms with E-state index >= 15 is 0 Å². The van der Waals surface area contributed by atoms with E-state index in [1.807, 2.05) is 19.1 Å². The number of Topliss-reactive ketones (excluding diaryl/α,β-unsaturated/α-hetero) is 1. The van der Waals surface area contributed by atoms with E-state index in [-0.39, 0.29) is 16.2 Å². The molecule has 0 spiro atoms. The molecule has 5 nitrogen and oxygen atoms in total. The summed E-state index contributed by atoms with van der Waals surface area (Å²) in [7, 11) is -3.58. The molecule has 0 aliphatic heterocycles. The van der Waals surface area contributed by atoms with Gasteiger partial charge in [-0.2, -0.15) is 0 Å². The van der Waals surface area contributed by atoms with Crippen molar-refractivity contribution in [1.82, 2.24) is 0 Å². The highest BCUT2D eigenvalue weighted by Crippen LogP contribution is 2.19. The van der Waals surface area contributed by atoms with Gasteiger partial charge in [0.25, 0.3) is 0 Å². The molecule has 132 valence electrons. The van der Waals surface area contributed by atoms with Crippen LogP contribution in [0.15, 0.2) is 47.4 Å². The minimum Gasteiger partial charge on any atom is -0.451 e. The van der Waals surface area contributed by atoms with Gasteiger partial charge in [-0.1, -0.05) is 29.8 Å². The quantitative estimate of drug-likeness (QED) is 0.605. The summed E-state index contributed by atoms with van der Waals surface area (Å²) >= 11 is 0. The highest BCUT2D eigenvalue weighted by atomic mass is 32.2. The van der Waals surface area contributed by atoms with Crippen LogP contribution in [0, 0.1) is 13.8 Å². The number of hydrogen-bond acceptors (Lipinski definition) is 5. The summed E-state index contributed by atoms with van der Waals surface area (Å²) < 4.78 is 28.8. The van der Waals surface area contributed by atoms with Crippen molar-refractivity contribution in [1.29, 1.82) is 0 Å². The van der Waals surface area contributed by atoms with Crippen LogP contribution in [0.2, 0.25) is 0 Å². The monoisotopic (exact) mass is 360 g/mol. The zero-order valence-electron chi connectivity index (χ0n) is 14.6. The van der Waals surface area contributed by atoms with Crippen LogP contribution < -0.4 is 0 Å². The molecule has 2 aromatic carbocycles. The summed E-state index contributed by atoms with van der Waals surface area (Å²) in [5.74, 6) is -1.17. The average molecular weight is 360 g/mol. The van der Waals surface area contributed by atoms with Crippen molar-refractivity contribution in [3.63, 3.8) is 0 Å². The van der Waals surface area contributed by atoms with Crippen molar-refractivity contribution in [3.8, 4) is 0 Å². The summed E-state index contributed by atoms with van der Waals surface area (Å²) in [6.07, 6.45) is -0.00955. The number of carbonyl (C=O) groups is 2. The first-order valence-electron chi connectivity index (χ1n) is 7.73. The molecule has 0 fully saturated rings. The summed E-state index contributed by atoms with van der Waals surface area (Å²) in [5, 5.41) is 0. The summed E-state index contributed by atoms with van der Waals surface area (Å²) in [4.78, 5) is 24.8. The van der Waals surface area contributed by atoms with Crippen molar-refractivity contribution in [3.05, 3.63) is 64.7 Å². The molecule has 0 aromatic heterocycles. The van der Waals surface area contributed by atoms with Crippen LogP contribution in [0.3, 0.4) is 0 Å². The smallest absolute Gasteiger partial charge is 0.340 e. The van der Waals surface area contributed by atoms with Gasteiger partial charge in [0.1, 0.15) is 0 Å². The SMILES string of the molecule is Cc1ccc(C)c(C(=O)C(C)OC(=O)c2ccccc2S(C)(=O)=O)c1. The number of ether oxygens (including phenoxy) is 1. The standard InChI is InChI=1S/C19H20O5S/c1-12-9-10-13(2)16(11-12)18(20)14(3)24-19(21)15-7-5-6-8-17(15)25(4,22)23/h5-11,14H,1-4H3. The molecule has 0 aliphatic carbocycles. The third-order valence-corrected chi connectivity index (χ3v) is 4.97. The Labute approximate surface area is 147 Å². The number of esters is 1. The Hall–Kier alpha value is -2.47. The van der Waals surface area contributed by atoms with Gasteiger partial charge in [0, 0.05) is 11.8 Å². The molecule has 0 N–H and O–H groups in total. The van der Waals surface area contributed by atoms with Crippen LogP contribution in [0.25, 0.3) is 0 Å². The number of hydrogen-bond donors (Lipinski definition) is 0. The lowest BCUT2D eigenvalue weighted by Crippen LogP contribution is -2.26. The molecule has 0 amide bonds. The zero-order valence-corrected chi connectivity index (χ0v) is 15.4. The van der Waals surface area contributed by atoms with E-state index in [9.17, 15) is 18.0 Å². The van der Waals surface area contributed by atoms with Crippen molar-refractivity contribution in [2.24, 2.45) is 0 Å². The Morgan fingerprint density at radius 2 is 1.64 bits per heavy atom. The minimum atomic E-state index is -3.58. The number of sulfone groups is 1. The molecular formula is C19H20O5S. The number of carbonyl (C=O) groups excluding carboxylic acids is 2. The molecule has 6 heteroatoms. The first-order chi connectivity index (χ1) is 11.6. The largest absolute Gasteiger partial charge is 0.451 e. The molecule has 2 rings (SSSR count). The van der Waals surface area contributed by atoms with E-state index in [2.05, 4.69) is 0 Å². The Morgan fingerprint density at radius 3 is 2.28 bits per heavy atom. The van der Waals surface area contributed by atoms with Gasteiger partial charge in [0.2, 0.25) is 5.78 Å². The third-order valence-electron chi connectivity index (χ3n) is 3.82. The van der Waals surface area contributed by atoms with Gasteiger partial charge in [-0.25, -0.2) is 13.2 Å². The molecule has 0 bridgehead atoms. The van der Waals surface area contributed by atoms with Gasteiger partial charge < -0.3 is 4.74 Å². The highest BCUT2D eigenvalue weighted by Gasteiger charge is 2.25. The summed E-state index contributed by atoms with van der Waals surface area (Å²) in [5.41, 5.74) is 2.12. The number of rotatable bonds is 5. The molecular weight excluding hydrogens is 340 g/mol. The van der Waals surface area contributed by atoms with E-state index in [0.29, 0.717) is 5.56 Å². The maximum atomic E-state index is 12.6. The molecule has 1 unspecified atom stereocenters. The van der Waals surface area contributed by atoms with Gasteiger partial charge >= 0.3 is 5.97 Å². The van der Waals surface area contributed by atoms with Crippen LogP contribution in [0.1, 0.15) is 38.8 Å². The second-order valence-corrected chi connectivity index (χ2v) is 7.98. The van der Waals surface area contributed by atoms with Crippen LogP contribution in [-0.4, -0.2) is 32.5 Å². The Morgan fingerprint density at radius 1 is 1.00 bits per heavy atom. The van der Waals surface area contributed by atoms with Gasteiger partial charge in [0.15, 0.2) is 15.9 Å². The van der Waals surface area contributed by atoms with Crippen molar-refractivity contribution >= 4 is 21.6 Å². The first kappa shape index (κ1) is 18.9. The summed E-state index contributed by atoms with van der Waals surface area (Å²) in [6.45, 7) is 5.15. The molecule has 0 heterocycles. The van der Waals surface area contributed by atoms with E-state index in [4.69, 9.17) is 4.74 Å². The van der Waals surface area contributed by atoms with Gasteiger partial charge in [-0.15, -0.1) is 0 Å². The molecule has 1 atom stereocenters. The van der Waals surface area contributed by atoms with E-state index in [1.165, 1.54) is 25.1 Å². The minimum absolute atomic E-state index is 0.0781. The lowest BCUT2D eigenvalue weighted by molar-refractivity contribution is 0.0315. The second kappa shape index (κ2) is 7.19. The predicted octanol–water partition coefficient (Wildman–Crippen LogP) is 3.14. The Kier molecular flexibility index (Phi) is 5.42. The van der Waals surface area contributed by atoms with Crippen molar-refractivity contribution < 1.29 is 22.7 Å². The van der Waals surface area contributed by atoms with Crippen molar-refractivity contribution in [2.75, 3.05) is 6.26 Å². The number of benzene rings is 2. The zero-order chi connectivity index (χ0) is 18.8. The fourth-order valence-corrected chi connectivity index (χ4v) is 3.33. The Balaban J connectivity index is 2.27. The molecule has 0 saturated heterocycles. The summed E-state index contributed by atoms with van der Waals surface area (Å²) in [6, 6.07) is 11.2. The number of ketones is 1. The topological polar surface area (TPSA) is 77.5 Å². The van der Waals surface area contributed by atoms with Gasteiger partial charge in [-0.3, -0.25) is 4.79 Å². The molecule has 0 aliphatic rings. The molecule has 0 saturated carbocycles. The highest BCUT2D eigenvalue weighted by molar-refractivity contribution is 7.90. The molecule has 0 radical (unpaired) electrons. The first-order valence-corrected chi connectivity index (χ1v) is 9.62. The number of aryl methyl sites for hydroxylation is 2. The van der Waals surface area contributed by atoms with E-state index < -0.39 is 21.9 Å². The van der Waals surface area contributed by atoms with E-state index in [0.717, 1.165) is 17.4 Å². The van der Waals surface area contributed by atoms with Crippen LogP contribution in [-0.2, 0) is 14.6 Å². The van der Waals surface area contributed by atoms with Crippen LogP contribution in [0.5, 0.6) is 0 Å².